The van der Waals surface area contributed by atoms with E-state index in [0.29, 0.717) is 26.9 Å². The molecule has 0 heterocycles. The van der Waals surface area contributed by atoms with Gasteiger partial charge in [0, 0.05) is 15.7 Å². The Morgan fingerprint density at radius 2 is 1.95 bits per heavy atom. The highest BCUT2D eigenvalue weighted by Crippen LogP contribution is 2.32. The first-order valence-electron chi connectivity index (χ1n) is 5.36. The van der Waals surface area contributed by atoms with Crippen molar-refractivity contribution in [2.75, 3.05) is 0 Å². The van der Waals surface area contributed by atoms with Gasteiger partial charge in [-0.05, 0) is 42.0 Å². The number of thioether (sulfide) groups is 1. The summed E-state index contributed by atoms with van der Waals surface area (Å²) in [6.07, 6.45) is 0. The Balaban J connectivity index is 2.19. The lowest BCUT2D eigenvalue weighted by atomic mass is 10.1. The lowest BCUT2D eigenvalue weighted by molar-refractivity contribution is 0.617. The van der Waals surface area contributed by atoms with Crippen LogP contribution in [0.4, 0.5) is 4.39 Å². The highest BCUT2D eigenvalue weighted by Gasteiger charge is 2.07. The van der Waals surface area contributed by atoms with Gasteiger partial charge in [-0.1, -0.05) is 23.2 Å². The van der Waals surface area contributed by atoms with E-state index in [4.69, 9.17) is 28.5 Å². The fourth-order valence-electron chi connectivity index (χ4n) is 1.50. The van der Waals surface area contributed by atoms with Crippen molar-refractivity contribution in [3.05, 3.63) is 63.4 Å². The molecule has 2 rings (SSSR count). The number of benzene rings is 2. The van der Waals surface area contributed by atoms with Crippen LogP contribution < -0.4 is 0 Å². The molecule has 0 saturated heterocycles. The van der Waals surface area contributed by atoms with Gasteiger partial charge in [-0.15, -0.1) is 11.8 Å². The summed E-state index contributed by atoms with van der Waals surface area (Å²) in [5.74, 6) is 0.0613. The van der Waals surface area contributed by atoms with Crippen molar-refractivity contribution in [1.82, 2.24) is 0 Å². The molecule has 0 fully saturated rings. The van der Waals surface area contributed by atoms with Gasteiger partial charge >= 0.3 is 0 Å². The lowest BCUT2D eigenvalue weighted by Crippen LogP contribution is -1.89. The van der Waals surface area contributed by atoms with Crippen LogP contribution in [0.2, 0.25) is 10.0 Å². The topological polar surface area (TPSA) is 23.8 Å². The molecule has 0 aromatic heterocycles. The van der Waals surface area contributed by atoms with E-state index < -0.39 is 0 Å². The van der Waals surface area contributed by atoms with Crippen LogP contribution in [-0.4, -0.2) is 0 Å². The Morgan fingerprint density at radius 1 is 1.16 bits per heavy atom. The van der Waals surface area contributed by atoms with Crippen LogP contribution in [0.15, 0.2) is 41.3 Å². The molecule has 0 bridgehead atoms. The minimum atomic E-state index is -0.329. The molecule has 0 unspecified atom stereocenters. The van der Waals surface area contributed by atoms with Crippen LogP contribution in [-0.2, 0) is 5.75 Å². The molecule has 96 valence electrons. The van der Waals surface area contributed by atoms with Crippen molar-refractivity contribution in [2.45, 2.75) is 10.6 Å². The number of rotatable bonds is 3. The van der Waals surface area contributed by atoms with Gasteiger partial charge in [0.15, 0.2) is 0 Å². The van der Waals surface area contributed by atoms with Crippen molar-refractivity contribution < 1.29 is 4.39 Å². The first-order chi connectivity index (χ1) is 9.10. The second-order valence-corrected chi connectivity index (χ2v) is 5.64. The first kappa shape index (κ1) is 14.2. The Morgan fingerprint density at radius 3 is 2.68 bits per heavy atom. The summed E-state index contributed by atoms with van der Waals surface area (Å²) in [7, 11) is 0. The summed E-state index contributed by atoms with van der Waals surface area (Å²) < 4.78 is 13.6. The third-order valence-electron chi connectivity index (χ3n) is 2.45. The Labute approximate surface area is 125 Å². The smallest absolute Gasteiger partial charge is 0.127 e. The zero-order valence-electron chi connectivity index (χ0n) is 9.66. The predicted octanol–water partition coefficient (Wildman–Crippen LogP) is 5.30. The maximum Gasteiger partial charge on any atom is 0.127 e. The first-order valence-corrected chi connectivity index (χ1v) is 7.10. The summed E-state index contributed by atoms with van der Waals surface area (Å²) in [5.41, 5.74) is 0.911. The number of halogens is 3. The van der Waals surface area contributed by atoms with Crippen LogP contribution in [0.3, 0.4) is 0 Å². The van der Waals surface area contributed by atoms with Gasteiger partial charge in [0.2, 0.25) is 0 Å². The van der Waals surface area contributed by atoms with Crippen LogP contribution >= 0.6 is 35.0 Å². The molecule has 19 heavy (non-hydrogen) atoms. The van der Waals surface area contributed by atoms with Crippen LogP contribution in [0.5, 0.6) is 0 Å². The average molecular weight is 312 g/mol. The number of hydrogen-bond donors (Lipinski definition) is 0. The molecule has 2 aromatic carbocycles. The average Bonchev–Trinajstić information content (AvgIpc) is 2.41. The van der Waals surface area contributed by atoms with E-state index in [0.717, 1.165) is 4.90 Å². The van der Waals surface area contributed by atoms with Gasteiger partial charge in [-0.2, -0.15) is 5.26 Å². The fraction of sp³-hybridized carbons (Fsp3) is 0.0714. The van der Waals surface area contributed by atoms with Crippen molar-refractivity contribution in [2.24, 2.45) is 0 Å². The molecular weight excluding hydrogens is 304 g/mol. The van der Waals surface area contributed by atoms with E-state index in [-0.39, 0.29) is 5.82 Å². The molecule has 0 amide bonds. The van der Waals surface area contributed by atoms with Gasteiger partial charge in [0.05, 0.1) is 16.7 Å². The Hall–Kier alpha value is -1.21. The van der Waals surface area contributed by atoms with Crippen molar-refractivity contribution >= 4 is 35.0 Å². The van der Waals surface area contributed by atoms with Crippen LogP contribution in [0, 0.1) is 17.1 Å². The highest BCUT2D eigenvalue weighted by molar-refractivity contribution is 7.98. The summed E-state index contributed by atoms with van der Waals surface area (Å²) in [5, 5.41) is 9.96. The van der Waals surface area contributed by atoms with E-state index in [1.807, 2.05) is 6.07 Å². The maximum absolute atomic E-state index is 13.6. The fourth-order valence-corrected chi connectivity index (χ4v) is 2.96. The van der Waals surface area contributed by atoms with Crippen LogP contribution in [0.25, 0.3) is 0 Å². The van der Waals surface area contributed by atoms with E-state index >= 15 is 0 Å². The Bertz CT molecular complexity index is 652. The molecule has 5 heteroatoms. The third kappa shape index (κ3) is 3.63. The van der Waals surface area contributed by atoms with Crippen molar-refractivity contribution in [3.8, 4) is 6.07 Å². The molecule has 2 aromatic rings. The summed E-state index contributed by atoms with van der Waals surface area (Å²) >= 11 is 13.3. The van der Waals surface area contributed by atoms with Gasteiger partial charge < -0.3 is 0 Å². The molecule has 0 saturated carbocycles. The zero-order valence-corrected chi connectivity index (χ0v) is 12.0. The minimum Gasteiger partial charge on any atom is -0.207 e. The van der Waals surface area contributed by atoms with Gasteiger partial charge in [0.1, 0.15) is 5.82 Å². The zero-order chi connectivity index (χ0) is 13.8. The molecule has 0 atom stereocenters. The van der Waals surface area contributed by atoms with Gasteiger partial charge in [-0.25, -0.2) is 4.39 Å². The molecule has 0 spiro atoms. The second-order valence-electron chi connectivity index (χ2n) is 3.78. The van der Waals surface area contributed by atoms with Gasteiger partial charge in [-0.3, -0.25) is 0 Å². The second kappa shape index (κ2) is 6.29. The van der Waals surface area contributed by atoms with E-state index in [9.17, 15) is 4.39 Å². The lowest BCUT2D eigenvalue weighted by Gasteiger charge is -2.06. The molecular formula is C14H8Cl2FNS. The van der Waals surface area contributed by atoms with Crippen LogP contribution in [0.1, 0.15) is 11.1 Å². The molecule has 0 aliphatic rings. The molecule has 0 aliphatic carbocycles. The maximum atomic E-state index is 13.6. The predicted molar refractivity (Wildman–Crippen MR) is 77.1 cm³/mol. The standard InChI is InChI=1S/C14H8Cl2FNS/c15-11-2-3-12(16)14(6-11)19-8-10-5-9(7-18)1-4-13(10)17/h1-6H,8H2. The number of hydrogen-bond acceptors (Lipinski definition) is 2. The van der Waals surface area contributed by atoms with Crippen molar-refractivity contribution in [1.29, 1.82) is 5.26 Å². The SMILES string of the molecule is N#Cc1ccc(F)c(CSc2cc(Cl)ccc2Cl)c1. The Kier molecular flexibility index (Phi) is 4.71. The minimum absolute atomic E-state index is 0.329. The normalized spacial score (nSPS) is 10.2. The van der Waals surface area contributed by atoms with E-state index in [2.05, 4.69) is 0 Å². The van der Waals surface area contributed by atoms with E-state index in [1.54, 1.807) is 24.3 Å². The summed E-state index contributed by atoms with van der Waals surface area (Å²) in [6, 6.07) is 11.4. The molecule has 0 aliphatic heterocycles. The number of nitriles is 1. The van der Waals surface area contributed by atoms with Crippen molar-refractivity contribution in [3.63, 3.8) is 0 Å². The highest BCUT2D eigenvalue weighted by atomic mass is 35.5. The number of nitrogens with zero attached hydrogens (tertiary/aromatic N) is 1. The molecule has 0 N–H and O–H groups in total. The van der Waals surface area contributed by atoms with E-state index in [1.165, 1.54) is 23.9 Å². The largest absolute Gasteiger partial charge is 0.207 e. The quantitative estimate of drug-likeness (QED) is 0.718. The van der Waals surface area contributed by atoms with Gasteiger partial charge in [0.25, 0.3) is 0 Å². The monoisotopic (exact) mass is 311 g/mol. The summed E-state index contributed by atoms with van der Waals surface area (Å²) in [6.45, 7) is 0. The molecule has 1 nitrogen and oxygen atoms in total. The third-order valence-corrected chi connectivity index (χ3v) is 4.23. The molecule has 0 radical (unpaired) electrons. The summed E-state index contributed by atoms with van der Waals surface area (Å²) in [4.78, 5) is 0.788.